The van der Waals surface area contributed by atoms with Crippen LogP contribution in [0.3, 0.4) is 0 Å². The number of hydrogen-bond donors (Lipinski definition) is 1. The maximum Gasteiger partial charge on any atom is 0.390 e. The first-order valence-electron chi connectivity index (χ1n) is 4.13. The third kappa shape index (κ3) is 3.02. The summed E-state index contributed by atoms with van der Waals surface area (Å²) in [5.74, 6) is 0. The van der Waals surface area contributed by atoms with Crippen LogP contribution < -0.4 is 0 Å². The predicted molar refractivity (Wildman–Crippen MR) is 43.6 cm³/mol. The van der Waals surface area contributed by atoms with E-state index in [-0.39, 0.29) is 13.2 Å². The molecule has 0 aromatic carbocycles. The van der Waals surface area contributed by atoms with Gasteiger partial charge in [0.1, 0.15) is 0 Å². The molecule has 0 aliphatic carbocycles. The molecule has 1 aromatic rings. The second kappa shape index (κ2) is 4.00. The molecular formula is C8H11F3N2O. The molecule has 0 aliphatic heterocycles. The lowest BCUT2D eigenvalue weighted by molar-refractivity contribution is -0.137. The van der Waals surface area contributed by atoms with E-state index in [9.17, 15) is 13.2 Å². The molecule has 0 spiro atoms. The summed E-state index contributed by atoms with van der Waals surface area (Å²) < 4.78 is 36.7. The molecule has 0 fully saturated rings. The van der Waals surface area contributed by atoms with Crippen molar-refractivity contribution in [1.82, 2.24) is 9.78 Å². The molecule has 6 heteroatoms. The highest BCUT2D eigenvalue weighted by Gasteiger charge is 2.26. The van der Waals surface area contributed by atoms with Crippen LogP contribution in [-0.2, 0) is 13.2 Å². The number of aromatic nitrogens is 2. The Morgan fingerprint density at radius 1 is 1.50 bits per heavy atom. The Kier molecular flexibility index (Phi) is 3.15. The summed E-state index contributed by atoms with van der Waals surface area (Å²) in [7, 11) is 0. The number of hydrogen-bond acceptors (Lipinski definition) is 2. The summed E-state index contributed by atoms with van der Waals surface area (Å²) in [4.78, 5) is 0. The van der Waals surface area contributed by atoms with Crippen molar-refractivity contribution in [2.45, 2.75) is 32.7 Å². The van der Waals surface area contributed by atoms with Crippen molar-refractivity contribution < 1.29 is 18.3 Å². The van der Waals surface area contributed by atoms with E-state index in [1.165, 1.54) is 10.9 Å². The predicted octanol–water partition coefficient (Wildman–Crippen LogP) is 1.64. The highest BCUT2D eigenvalue weighted by atomic mass is 19.4. The van der Waals surface area contributed by atoms with E-state index in [4.69, 9.17) is 5.11 Å². The molecule has 0 radical (unpaired) electrons. The molecule has 0 unspecified atom stereocenters. The standard InChI is InChI=1S/C8H11F3N2O/c1-6-7(5-14)4-13(12-6)3-2-8(9,10)11/h4,14H,2-3,5H2,1H3. The molecule has 0 saturated carbocycles. The van der Waals surface area contributed by atoms with Gasteiger partial charge in [0.2, 0.25) is 0 Å². The quantitative estimate of drug-likeness (QED) is 0.819. The Morgan fingerprint density at radius 2 is 2.14 bits per heavy atom. The fourth-order valence-corrected chi connectivity index (χ4v) is 1.07. The molecule has 0 bridgehead atoms. The third-order valence-electron chi connectivity index (χ3n) is 1.84. The van der Waals surface area contributed by atoms with Crippen molar-refractivity contribution in [3.8, 4) is 0 Å². The van der Waals surface area contributed by atoms with Crippen LogP contribution in [-0.4, -0.2) is 21.1 Å². The second-order valence-electron chi connectivity index (χ2n) is 3.03. The normalized spacial score (nSPS) is 12.1. The summed E-state index contributed by atoms with van der Waals surface area (Å²) in [5.41, 5.74) is 1.13. The van der Waals surface area contributed by atoms with Gasteiger partial charge in [-0.3, -0.25) is 4.68 Å². The van der Waals surface area contributed by atoms with E-state index in [1.807, 2.05) is 0 Å². The zero-order valence-corrected chi connectivity index (χ0v) is 7.67. The van der Waals surface area contributed by atoms with Crippen molar-refractivity contribution in [2.75, 3.05) is 0 Å². The van der Waals surface area contributed by atoms with Gasteiger partial charge in [-0.15, -0.1) is 0 Å². The van der Waals surface area contributed by atoms with Gasteiger partial charge >= 0.3 is 6.18 Å². The maximum absolute atomic E-state index is 11.8. The van der Waals surface area contributed by atoms with E-state index in [0.29, 0.717) is 11.3 Å². The average molecular weight is 208 g/mol. The van der Waals surface area contributed by atoms with Gasteiger partial charge in [0.25, 0.3) is 0 Å². The molecule has 1 aromatic heterocycles. The molecule has 14 heavy (non-hydrogen) atoms. The van der Waals surface area contributed by atoms with Crippen LogP contribution in [0.2, 0.25) is 0 Å². The van der Waals surface area contributed by atoms with Crippen LogP contribution >= 0.6 is 0 Å². The number of nitrogens with zero attached hydrogens (tertiary/aromatic N) is 2. The minimum atomic E-state index is -4.17. The summed E-state index contributed by atoms with van der Waals surface area (Å²) in [6.07, 6.45) is -3.64. The fraction of sp³-hybridized carbons (Fsp3) is 0.625. The lowest BCUT2D eigenvalue weighted by Gasteiger charge is -2.05. The SMILES string of the molecule is Cc1nn(CCC(F)(F)F)cc1CO. The Morgan fingerprint density at radius 3 is 2.57 bits per heavy atom. The number of aliphatic hydroxyl groups excluding tert-OH is 1. The summed E-state index contributed by atoms with van der Waals surface area (Å²) in [6.45, 7) is 1.25. The lowest BCUT2D eigenvalue weighted by Crippen LogP contribution is -2.12. The second-order valence-corrected chi connectivity index (χ2v) is 3.03. The minimum Gasteiger partial charge on any atom is -0.392 e. The van der Waals surface area contributed by atoms with E-state index < -0.39 is 12.6 Å². The Balaban J connectivity index is 2.60. The van der Waals surface area contributed by atoms with Crippen LogP contribution in [0.1, 0.15) is 17.7 Å². The van der Waals surface area contributed by atoms with Crippen molar-refractivity contribution in [1.29, 1.82) is 0 Å². The maximum atomic E-state index is 11.8. The monoisotopic (exact) mass is 208 g/mol. The lowest BCUT2D eigenvalue weighted by atomic mass is 10.3. The summed E-state index contributed by atoms with van der Waals surface area (Å²) >= 11 is 0. The Labute approximate surface area is 79.2 Å². The van der Waals surface area contributed by atoms with E-state index in [0.717, 1.165) is 0 Å². The summed E-state index contributed by atoms with van der Waals surface area (Å²) in [6, 6.07) is 0. The van der Waals surface area contributed by atoms with Gasteiger partial charge in [-0.1, -0.05) is 0 Å². The van der Waals surface area contributed by atoms with Gasteiger partial charge in [-0.2, -0.15) is 18.3 Å². The topological polar surface area (TPSA) is 38.0 Å². The van der Waals surface area contributed by atoms with Gasteiger partial charge in [0, 0.05) is 18.3 Å². The number of halogens is 3. The highest BCUT2D eigenvalue weighted by Crippen LogP contribution is 2.20. The van der Waals surface area contributed by atoms with E-state index >= 15 is 0 Å². The number of aliphatic hydroxyl groups is 1. The van der Waals surface area contributed by atoms with Crippen LogP contribution in [0.15, 0.2) is 6.20 Å². The van der Waals surface area contributed by atoms with Crippen molar-refractivity contribution >= 4 is 0 Å². The number of alkyl halides is 3. The first-order chi connectivity index (χ1) is 6.42. The number of rotatable bonds is 3. The molecule has 0 amide bonds. The molecule has 1 heterocycles. The van der Waals surface area contributed by atoms with Crippen molar-refractivity contribution in [3.05, 3.63) is 17.5 Å². The van der Waals surface area contributed by atoms with Gasteiger partial charge in [0.05, 0.1) is 18.7 Å². The Bertz CT molecular complexity index is 306. The Hall–Kier alpha value is -1.04. The number of aryl methyl sites for hydroxylation is 2. The first-order valence-corrected chi connectivity index (χ1v) is 4.13. The largest absolute Gasteiger partial charge is 0.392 e. The van der Waals surface area contributed by atoms with E-state index in [1.54, 1.807) is 6.92 Å². The van der Waals surface area contributed by atoms with Crippen LogP contribution in [0.5, 0.6) is 0 Å². The van der Waals surface area contributed by atoms with Crippen molar-refractivity contribution in [2.24, 2.45) is 0 Å². The molecule has 80 valence electrons. The van der Waals surface area contributed by atoms with Gasteiger partial charge in [0.15, 0.2) is 0 Å². The van der Waals surface area contributed by atoms with Crippen LogP contribution in [0.4, 0.5) is 13.2 Å². The van der Waals surface area contributed by atoms with Crippen LogP contribution in [0, 0.1) is 6.92 Å². The fourth-order valence-electron chi connectivity index (χ4n) is 1.07. The average Bonchev–Trinajstić information content (AvgIpc) is 2.42. The van der Waals surface area contributed by atoms with Crippen molar-refractivity contribution in [3.63, 3.8) is 0 Å². The minimum absolute atomic E-state index is 0.197. The van der Waals surface area contributed by atoms with Gasteiger partial charge < -0.3 is 5.11 Å². The third-order valence-corrected chi connectivity index (χ3v) is 1.84. The molecule has 1 rings (SSSR count). The molecule has 1 N–H and O–H groups in total. The summed E-state index contributed by atoms with van der Waals surface area (Å²) in [5, 5.41) is 12.6. The molecule has 0 saturated heterocycles. The van der Waals surface area contributed by atoms with Gasteiger partial charge in [-0.05, 0) is 6.92 Å². The zero-order chi connectivity index (χ0) is 10.8. The van der Waals surface area contributed by atoms with Gasteiger partial charge in [-0.25, -0.2) is 0 Å². The molecule has 0 aliphatic rings. The highest BCUT2D eigenvalue weighted by molar-refractivity contribution is 5.13. The van der Waals surface area contributed by atoms with E-state index in [2.05, 4.69) is 5.10 Å². The zero-order valence-electron chi connectivity index (χ0n) is 7.67. The van der Waals surface area contributed by atoms with Crippen LogP contribution in [0.25, 0.3) is 0 Å². The molecule has 0 atom stereocenters. The smallest absolute Gasteiger partial charge is 0.390 e. The first kappa shape index (κ1) is 11.0. The molecular weight excluding hydrogens is 197 g/mol. The molecule has 3 nitrogen and oxygen atoms in total.